The molecular formula is C6H4BrCl2I. The molecule has 0 nitrogen and oxygen atoms in total. The molecule has 1 aromatic carbocycles. The molecule has 0 bridgehead atoms. The summed E-state index contributed by atoms with van der Waals surface area (Å²) in [5.74, 6) is 0. The summed E-state index contributed by atoms with van der Waals surface area (Å²) in [6, 6.07) is 7.81. The van der Waals surface area contributed by atoms with Crippen LogP contribution in [0, 0.1) is 3.57 Å². The Balaban J connectivity index is 2.96. The van der Waals surface area contributed by atoms with E-state index >= 15 is 0 Å². The van der Waals surface area contributed by atoms with Gasteiger partial charge in [-0.15, -0.1) is 0 Å². The molecule has 0 N–H and O–H groups in total. The van der Waals surface area contributed by atoms with Gasteiger partial charge in [0.05, 0.1) is 0 Å². The maximum absolute atomic E-state index is 5.78. The van der Waals surface area contributed by atoms with Crippen LogP contribution < -0.4 is 0 Å². The minimum absolute atomic E-state index is 1.04. The fourth-order valence-corrected chi connectivity index (χ4v) is 3.62. The predicted molar refractivity (Wildman–Crippen MR) is 58.6 cm³/mol. The molecule has 1 rings (SSSR count). The molecule has 0 aromatic heterocycles. The third kappa shape index (κ3) is 2.57. The average molecular weight is 354 g/mol. The zero-order chi connectivity index (χ0) is 7.56. The van der Waals surface area contributed by atoms with Crippen molar-refractivity contribution in [3.05, 3.63) is 32.3 Å². The molecule has 0 saturated carbocycles. The molecule has 0 amide bonds. The van der Waals surface area contributed by atoms with Gasteiger partial charge in [0.1, 0.15) is 0 Å². The summed E-state index contributed by atoms with van der Waals surface area (Å²) in [6.07, 6.45) is 0. The number of hydrogen-bond acceptors (Lipinski definition) is 0. The van der Waals surface area contributed by atoms with E-state index in [1.807, 2.05) is 24.3 Å². The molecule has 0 fully saturated rings. The third-order valence-corrected chi connectivity index (χ3v) is 5.27. The molecule has 0 atom stereocenters. The van der Waals surface area contributed by atoms with Gasteiger partial charge in [-0.05, 0) is 0 Å². The summed E-state index contributed by atoms with van der Waals surface area (Å²) < 4.78 is 2.11. The van der Waals surface area contributed by atoms with Crippen molar-refractivity contribution in [2.24, 2.45) is 0 Å². The number of benzene rings is 1. The molecule has 4 heteroatoms. The normalized spacial score (nSPS) is 11.3. The third-order valence-electron chi connectivity index (χ3n) is 0.952. The standard InChI is InChI=1S/C6H4BrCl2I/c7-5-2-1-3-6(4-5)10(8)9/h1-4H. The second-order valence-corrected chi connectivity index (χ2v) is 9.74. The Bertz CT molecular complexity index is 227. The Morgan fingerprint density at radius 1 is 1.30 bits per heavy atom. The van der Waals surface area contributed by atoms with Crippen LogP contribution in [-0.4, -0.2) is 0 Å². The molecule has 0 spiro atoms. The van der Waals surface area contributed by atoms with Gasteiger partial charge < -0.3 is 0 Å². The Hall–Kier alpha value is 1.01. The number of rotatable bonds is 1. The van der Waals surface area contributed by atoms with Gasteiger partial charge in [-0.1, -0.05) is 0 Å². The van der Waals surface area contributed by atoms with E-state index in [1.165, 1.54) is 0 Å². The summed E-state index contributed by atoms with van der Waals surface area (Å²) in [5.41, 5.74) is 0. The topological polar surface area (TPSA) is 0 Å². The summed E-state index contributed by atoms with van der Waals surface area (Å²) in [5, 5.41) is 0. The van der Waals surface area contributed by atoms with E-state index in [9.17, 15) is 0 Å². The molecule has 56 valence electrons. The van der Waals surface area contributed by atoms with E-state index in [-0.39, 0.29) is 0 Å². The van der Waals surface area contributed by atoms with Crippen molar-refractivity contribution < 1.29 is 0 Å². The van der Waals surface area contributed by atoms with E-state index in [4.69, 9.17) is 17.8 Å². The van der Waals surface area contributed by atoms with E-state index in [0.29, 0.717) is 0 Å². The van der Waals surface area contributed by atoms with Crippen LogP contribution in [0.2, 0.25) is 0 Å². The van der Waals surface area contributed by atoms with Crippen molar-refractivity contribution in [2.45, 2.75) is 0 Å². The second kappa shape index (κ2) is 4.14. The van der Waals surface area contributed by atoms with Gasteiger partial charge in [-0.3, -0.25) is 0 Å². The summed E-state index contributed by atoms with van der Waals surface area (Å²) >= 11 is 1.54. The second-order valence-electron chi connectivity index (χ2n) is 1.64. The van der Waals surface area contributed by atoms with Crippen LogP contribution in [-0.2, 0) is 0 Å². The van der Waals surface area contributed by atoms with Crippen LogP contribution in [0.1, 0.15) is 0 Å². The number of halogens is 4. The van der Waals surface area contributed by atoms with Gasteiger partial charge in [0, 0.05) is 0 Å². The fourth-order valence-electron chi connectivity index (χ4n) is 0.549. The molecule has 0 unspecified atom stereocenters. The zero-order valence-corrected chi connectivity index (χ0v) is 10.1. The van der Waals surface area contributed by atoms with Crippen molar-refractivity contribution in [1.82, 2.24) is 0 Å². The van der Waals surface area contributed by atoms with Crippen LogP contribution in [0.5, 0.6) is 0 Å². The minimum atomic E-state index is -1.80. The SMILES string of the molecule is ClI(Cl)c1cccc(Br)c1. The summed E-state index contributed by atoms with van der Waals surface area (Å²) in [6.45, 7) is 0. The Kier molecular flexibility index (Phi) is 3.77. The first-order valence-electron chi connectivity index (χ1n) is 2.49. The molecule has 1 aromatic rings. The monoisotopic (exact) mass is 352 g/mol. The predicted octanol–water partition coefficient (Wildman–Crippen LogP) is 4.43. The molecular weight excluding hydrogens is 350 g/mol. The van der Waals surface area contributed by atoms with Crippen molar-refractivity contribution in [3.8, 4) is 0 Å². The maximum atomic E-state index is 5.78. The van der Waals surface area contributed by atoms with Crippen LogP contribution in [0.3, 0.4) is 0 Å². The fraction of sp³-hybridized carbons (Fsp3) is 0. The molecule has 0 radical (unpaired) electrons. The van der Waals surface area contributed by atoms with Gasteiger partial charge >= 0.3 is 83.6 Å². The van der Waals surface area contributed by atoms with Crippen molar-refractivity contribution in [1.29, 1.82) is 0 Å². The molecule has 10 heavy (non-hydrogen) atoms. The van der Waals surface area contributed by atoms with Gasteiger partial charge in [-0.25, -0.2) is 0 Å². The molecule has 0 aliphatic carbocycles. The molecule has 0 saturated heterocycles. The van der Waals surface area contributed by atoms with Gasteiger partial charge in [0.2, 0.25) is 0 Å². The van der Waals surface area contributed by atoms with Gasteiger partial charge in [-0.2, -0.15) is 0 Å². The van der Waals surface area contributed by atoms with Crippen LogP contribution >= 0.6 is 51.3 Å². The van der Waals surface area contributed by atoms with E-state index in [0.717, 1.165) is 8.04 Å². The van der Waals surface area contributed by atoms with E-state index < -0.39 is 17.6 Å². The van der Waals surface area contributed by atoms with E-state index in [2.05, 4.69) is 15.9 Å². The van der Waals surface area contributed by atoms with Crippen molar-refractivity contribution in [3.63, 3.8) is 0 Å². The van der Waals surface area contributed by atoms with Crippen LogP contribution in [0.15, 0.2) is 28.7 Å². The van der Waals surface area contributed by atoms with Crippen LogP contribution in [0.4, 0.5) is 0 Å². The summed E-state index contributed by atoms with van der Waals surface area (Å²) in [7, 11) is 11.6. The summed E-state index contributed by atoms with van der Waals surface area (Å²) in [4.78, 5) is 0. The Labute approximate surface area is 82.8 Å². The van der Waals surface area contributed by atoms with Crippen LogP contribution in [0.25, 0.3) is 0 Å². The van der Waals surface area contributed by atoms with E-state index in [1.54, 1.807) is 0 Å². The first-order valence-corrected chi connectivity index (χ1v) is 9.82. The molecule has 0 heterocycles. The van der Waals surface area contributed by atoms with Crippen molar-refractivity contribution in [2.75, 3.05) is 0 Å². The Morgan fingerprint density at radius 3 is 2.40 bits per heavy atom. The van der Waals surface area contributed by atoms with Crippen molar-refractivity contribution >= 4 is 51.3 Å². The average Bonchev–Trinajstić information content (AvgIpc) is 1.88. The van der Waals surface area contributed by atoms with Gasteiger partial charge in [0.15, 0.2) is 0 Å². The first-order chi connectivity index (χ1) is 4.70. The Morgan fingerprint density at radius 2 is 2.00 bits per heavy atom. The zero-order valence-electron chi connectivity index (χ0n) is 4.82. The first kappa shape index (κ1) is 9.10. The van der Waals surface area contributed by atoms with Gasteiger partial charge in [0.25, 0.3) is 0 Å². The quantitative estimate of drug-likeness (QED) is 0.655. The molecule has 0 aliphatic rings. The molecule has 0 aliphatic heterocycles. The number of hydrogen-bond donors (Lipinski definition) is 0.